The number of nitrogens with one attached hydrogen (secondary N) is 1. The molecular formula is C17H19F2NS. The van der Waals surface area contributed by atoms with Crippen LogP contribution < -0.4 is 5.32 Å². The van der Waals surface area contributed by atoms with Crippen LogP contribution in [0, 0.1) is 11.6 Å². The number of thioether (sulfide) groups is 1. The summed E-state index contributed by atoms with van der Waals surface area (Å²) in [6.07, 6.45) is 0.848. The van der Waals surface area contributed by atoms with E-state index in [2.05, 4.69) is 12.2 Å². The van der Waals surface area contributed by atoms with Gasteiger partial charge in [0.2, 0.25) is 0 Å². The molecule has 0 aliphatic rings. The van der Waals surface area contributed by atoms with Crippen molar-refractivity contribution in [3.63, 3.8) is 0 Å². The highest BCUT2D eigenvalue weighted by Crippen LogP contribution is 2.35. The predicted octanol–water partition coefficient (Wildman–Crippen LogP) is 4.80. The van der Waals surface area contributed by atoms with Gasteiger partial charge in [-0.25, -0.2) is 8.78 Å². The van der Waals surface area contributed by atoms with Crippen molar-refractivity contribution in [2.75, 3.05) is 7.05 Å². The minimum absolute atomic E-state index is 0.0869. The minimum atomic E-state index is -0.408. The van der Waals surface area contributed by atoms with Crippen molar-refractivity contribution in [3.8, 4) is 0 Å². The number of rotatable bonds is 6. The summed E-state index contributed by atoms with van der Waals surface area (Å²) in [6.45, 7) is 2.06. The van der Waals surface area contributed by atoms with Gasteiger partial charge in [-0.2, -0.15) is 0 Å². The van der Waals surface area contributed by atoms with Crippen LogP contribution in [0.15, 0.2) is 53.4 Å². The third kappa shape index (κ3) is 4.05. The molecule has 0 saturated heterocycles. The summed E-state index contributed by atoms with van der Waals surface area (Å²) in [6, 6.07) is 13.7. The molecule has 0 amide bonds. The molecule has 0 aromatic heterocycles. The third-order valence-electron chi connectivity index (χ3n) is 3.42. The molecular weight excluding hydrogens is 288 g/mol. The molecule has 1 N–H and O–H groups in total. The Kier molecular flexibility index (Phi) is 5.76. The van der Waals surface area contributed by atoms with E-state index in [4.69, 9.17) is 0 Å². The zero-order valence-corrected chi connectivity index (χ0v) is 13.0. The monoisotopic (exact) mass is 307 g/mol. The van der Waals surface area contributed by atoms with Crippen LogP contribution in [-0.2, 0) is 0 Å². The number of halogens is 2. The summed E-state index contributed by atoms with van der Waals surface area (Å²) in [5.74, 6) is -0.780. The maximum Gasteiger partial charge on any atom is 0.136 e. The van der Waals surface area contributed by atoms with Crippen molar-refractivity contribution in [2.45, 2.75) is 29.5 Å². The van der Waals surface area contributed by atoms with Gasteiger partial charge in [-0.1, -0.05) is 37.3 Å². The Balaban J connectivity index is 2.24. The first-order valence-corrected chi connectivity index (χ1v) is 7.87. The van der Waals surface area contributed by atoms with Crippen LogP contribution >= 0.6 is 11.8 Å². The van der Waals surface area contributed by atoms with Crippen LogP contribution in [0.3, 0.4) is 0 Å². The van der Waals surface area contributed by atoms with Crippen LogP contribution in [0.2, 0.25) is 0 Å². The lowest BCUT2D eigenvalue weighted by atomic mass is 10.0. The van der Waals surface area contributed by atoms with Gasteiger partial charge < -0.3 is 5.32 Å². The Morgan fingerprint density at radius 2 is 1.81 bits per heavy atom. The fourth-order valence-electron chi connectivity index (χ4n) is 2.35. The fraction of sp³-hybridized carbons (Fsp3) is 0.294. The highest BCUT2D eigenvalue weighted by atomic mass is 32.2. The molecule has 2 aromatic carbocycles. The van der Waals surface area contributed by atoms with E-state index in [-0.39, 0.29) is 17.1 Å². The quantitative estimate of drug-likeness (QED) is 0.770. The minimum Gasteiger partial charge on any atom is -0.312 e. The third-order valence-corrected chi connectivity index (χ3v) is 4.89. The topological polar surface area (TPSA) is 12.0 Å². The van der Waals surface area contributed by atoms with Gasteiger partial charge in [0.05, 0.1) is 0 Å². The standard InChI is InChI=1S/C17H19F2NS/c1-3-15(17(20-2)12-7-5-4-6-8-12)21-16-11-13(18)9-10-14(16)19/h4-11,15,17,20H,3H2,1-2H3. The lowest BCUT2D eigenvalue weighted by Gasteiger charge is -2.26. The number of hydrogen-bond donors (Lipinski definition) is 1. The SMILES string of the molecule is CCC(Sc1cc(F)ccc1F)C(NC)c1ccccc1. The molecule has 0 aliphatic heterocycles. The maximum absolute atomic E-state index is 13.8. The maximum atomic E-state index is 13.8. The van der Waals surface area contributed by atoms with Crippen molar-refractivity contribution in [1.29, 1.82) is 0 Å². The average molecular weight is 307 g/mol. The van der Waals surface area contributed by atoms with Crippen molar-refractivity contribution < 1.29 is 8.78 Å². The summed E-state index contributed by atoms with van der Waals surface area (Å²) in [4.78, 5) is 0.359. The first-order chi connectivity index (χ1) is 10.2. The van der Waals surface area contributed by atoms with Crippen LogP contribution in [0.25, 0.3) is 0 Å². The Hall–Kier alpha value is -1.39. The van der Waals surface area contributed by atoms with Gasteiger partial charge in [0, 0.05) is 16.2 Å². The van der Waals surface area contributed by atoms with Crippen LogP contribution in [0.1, 0.15) is 24.9 Å². The van der Waals surface area contributed by atoms with Gasteiger partial charge in [-0.05, 0) is 37.2 Å². The largest absolute Gasteiger partial charge is 0.312 e. The van der Waals surface area contributed by atoms with Gasteiger partial charge in [0.25, 0.3) is 0 Å². The van der Waals surface area contributed by atoms with E-state index in [0.717, 1.165) is 18.1 Å². The average Bonchev–Trinajstić information content (AvgIpc) is 2.51. The molecule has 1 nitrogen and oxygen atoms in total. The van der Waals surface area contributed by atoms with Crippen molar-refractivity contribution in [3.05, 3.63) is 65.7 Å². The normalized spacial score (nSPS) is 13.9. The van der Waals surface area contributed by atoms with E-state index in [1.165, 1.54) is 23.9 Å². The Labute approximate surface area is 128 Å². The fourth-order valence-corrected chi connectivity index (χ4v) is 3.63. The zero-order valence-electron chi connectivity index (χ0n) is 12.1. The highest BCUT2D eigenvalue weighted by Gasteiger charge is 2.22. The van der Waals surface area contributed by atoms with Crippen molar-refractivity contribution >= 4 is 11.8 Å². The van der Waals surface area contributed by atoms with Crippen molar-refractivity contribution in [1.82, 2.24) is 5.32 Å². The van der Waals surface area contributed by atoms with E-state index >= 15 is 0 Å². The second kappa shape index (κ2) is 7.57. The summed E-state index contributed by atoms with van der Waals surface area (Å²) in [5.41, 5.74) is 1.15. The second-order valence-corrected chi connectivity index (χ2v) is 6.10. The molecule has 0 radical (unpaired) electrons. The first-order valence-electron chi connectivity index (χ1n) is 6.99. The number of hydrogen-bond acceptors (Lipinski definition) is 2. The Morgan fingerprint density at radius 3 is 2.43 bits per heavy atom. The molecule has 2 unspecified atom stereocenters. The molecule has 4 heteroatoms. The van der Waals surface area contributed by atoms with Gasteiger partial charge in [0.1, 0.15) is 11.6 Å². The molecule has 0 bridgehead atoms. The van der Waals surface area contributed by atoms with Crippen molar-refractivity contribution in [2.24, 2.45) is 0 Å². The smallest absolute Gasteiger partial charge is 0.136 e. The molecule has 2 aromatic rings. The molecule has 0 spiro atoms. The Bertz CT molecular complexity index is 574. The molecule has 0 aliphatic carbocycles. The summed E-state index contributed by atoms with van der Waals surface area (Å²) in [7, 11) is 1.89. The molecule has 2 atom stereocenters. The molecule has 112 valence electrons. The summed E-state index contributed by atoms with van der Waals surface area (Å²) in [5, 5.41) is 3.41. The Morgan fingerprint density at radius 1 is 1.10 bits per heavy atom. The summed E-state index contributed by atoms with van der Waals surface area (Å²) < 4.78 is 27.1. The first kappa shape index (κ1) is 16.0. The van der Waals surface area contributed by atoms with E-state index in [1.54, 1.807) is 0 Å². The molecule has 0 fully saturated rings. The zero-order chi connectivity index (χ0) is 15.2. The lowest BCUT2D eigenvalue weighted by Crippen LogP contribution is -2.27. The highest BCUT2D eigenvalue weighted by molar-refractivity contribution is 8.00. The summed E-state index contributed by atoms with van der Waals surface area (Å²) >= 11 is 1.38. The van der Waals surface area contributed by atoms with Crippen LogP contribution in [-0.4, -0.2) is 12.3 Å². The molecule has 0 heterocycles. The van der Waals surface area contributed by atoms with E-state index in [9.17, 15) is 8.78 Å². The lowest BCUT2D eigenvalue weighted by molar-refractivity contribution is 0.550. The van der Waals surface area contributed by atoms with E-state index in [1.807, 2.05) is 37.4 Å². The predicted molar refractivity (Wildman–Crippen MR) is 84.5 cm³/mol. The van der Waals surface area contributed by atoms with Gasteiger partial charge in [-0.3, -0.25) is 0 Å². The molecule has 21 heavy (non-hydrogen) atoms. The van der Waals surface area contributed by atoms with Gasteiger partial charge >= 0.3 is 0 Å². The van der Waals surface area contributed by atoms with E-state index in [0.29, 0.717) is 4.90 Å². The van der Waals surface area contributed by atoms with Crippen LogP contribution in [0.5, 0.6) is 0 Å². The second-order valence-electron chi connectivity index (χ2n) is 4.82. The molecule has 0 saturated carbocycles. The van der Waals surface area contributed by atoms with Gasteiger partial charge in [0.15, 0.2) is 0 Å². The van der Waals surface area contributed by atoms with Crippen LogP contribution in [0.4, 0.5) is 8.78 Å². The van der Waals surface area contributed by atoms with E-state index < -0.39 is 5.82 Å². The molecule has 2 rings (SSSR count). The number of benzene rings is 2. The van der Waals surface area contributed by atoms with Gasteiger partial charge in [-0.15, -0.1) is 11.8 Å².